The van der Waals surface area contributed by atoms with Crippen LogP contribution < -0.4 is 0 Å². The van der Waals surface area contributed by atoms with E-state index in [1.165, 1.54) is 11.1 Å². The molecule has 0 fully saturated rings. The number of hydrogen-bond donors (Lipinski definition) is 0. The van der Waals surface area contributed by atoms with E-state index in [4.69, 9.17) is 0 Å². The van der Waals surface area contributed by atoms with Gasteiger partial charge in [-0.2, -0.15) is 0 Å². The molecular weight excluding hydrogens is 208 g/mol. The summed E-state index contributed by atoms with van der Waals surface area (Å²) in [4.78, 5) is 12.2. The Morgan fingerprint density at radius 1 is 1.00 bits per heavy atom. The first-order valence-corrected chi connectivity index (χ1v) is 5.91. The highest BCUT2D eigenvalue weighted by Gasteiger charge is 2.09. The summed E-state index contributed by atoms with van der Waals surface area (Å²) >= 11 is 0. The fourth-order valence-electron chi connectivity index (χ4n) is 1.95. The zero-order valence-corrected chi connectivity index (χ0v) is 10.2. The number of hydrogen-bond acceptors (Lipinski definition) is 1. The Bertz CT molecular complexity index is 526. The van der Waals surface area contributed by atoms with Gasteiger partial charge < -0.3 is 0 Å². The highest BCUT2D eigenvalue weighted by Crippen LogP contribution is 2.15. The second-order valence-corrected chi connectivity index (χ2v) is 4.19. The van der Waals surface area contributed by atoms with Crippen molar-refractivity contribution in [1.29, 1.82) is 0 Å². The van der Waals surface area contributed by atoms with E-state index in [-0.39, 0.29) is 5.78 Å². The molecule has 0 saturated heterocycles. The molecule has 0 aliphatic rings. The van der Waals surface area contributed by atoms with Crippen LogP contribution in [0.3, 0.4) is 0 Å². The molecule has 0 saturated carbocycles. The molecule has 0 bridgehead atoms. The van der Waals surface area contributed by atoms with Gasteiger partial charge in [0.2, 0.25) is 0 Å². The minimum absolute atomic E-state index is 0.0975. The summed E-state index contributed by atoms with van der Waals surface area (Å²) in [5.41, 5.74) is 4.01. The Hall–Kier alpha value is -1.89. The number of carbonyl (C=O) groups excluding carboxylic acids is 1. The van der Waals surface area contributed by atoms with E-state index in [1.807, 2.05) is 48.5 Å². The van der Waals surface area contributed by atoms with E-state index in [0.29, 0.717) is 0 Å². The van der Waals surface area contributed by atoms with Crippen LogP contribution in [0.2, 0.25) is 0 Å². The van der Waals surface area contributed by atoms with Gasteiger partial charge in [-0.25, -0.2) is 0 Å². The second kappa shape index (κ2) is 4.96. The molecule has 0 aliphatic carbocycles. The molecule has 0 amide bonds. The van der Waals surface area contributed by atoms with Crippen LogP contribution in [0, 0.1) is 6.92 Å². The zero-order chi connectivity index (χ0) is 12.3. The number of carbonyl (C=O) groups is 1. The fourth-order valence-corrected chi connectivity index (χ4v) is 1.95. The van der Waals surface area contributed by atoms with E-state index in [2.05, 4.69) is 13.8 Å². The van der Waals surface area contributed by atoms with Crippen molar-refractivity contribution >= 4 is 5.78 Å². The zero-order valence-electron chi connectivity index (χ0n) is 10.2. The monoisotopic (exact) mass is 224 g/mol. The maximum Gasteiger partial charge on any atom is 0.193 e. The average molecular weight is 224 g/mol. The smallest absolute Gasteiger partial charge is 0.193 e. The van der Waals surface area contributed by atoms with Crippen LogP contribution in [0.25, 0.3) is 0 Å². The molecule has 0 atom stereocenters. The van der Waals surface area contributed by atoms with Gasteiger partial charge in [0, 0.05) is 11.1 Å². The second-order valence-electron chi connectivity index (χ2n) is 4.19. The van der Waals surface area contributed by atoms with Crippen molar-refractivity contribution in [2.75, 3.05) is 0 Å². The Kier molecular flexibility index (Phi) is 3.38. The fraction of sp³-hybridized carbons (Fsp3) is 0.188. The van der Waals surface area contributed by atoms with Crippen molar-refractivity contribution in [3.8, 4) is 0 Å². The van der Waals surface area contributed by atoms with Gasteiger partial charge in [-0.15, -0.1) is 0 Å². The van der Waals surface area contributed by atoms with Crippen LogP contribution in [-0.4, -0.2) is 5.78 Å². The summed E-state index contributed by atoms with van der Waals surface area (Å²) in [6.07, 6.45) is 0.960. The van der Waals surface area contributed by atoms with Gasteiger partial charge in [0.05, 0.1) is 0 Å². The predicted molar refractivity (Wildman–Crippen MR) is 70.4 cm³/mol. The summed E-state index contributed by atoms with van der Waals surface area (Å²) in [6, 6.07) is 15.3. The van der Waals surface area contributed by atoms with Crippen molar-refractivity contribution in [2.24, 2.45) is 0 Å². The van der Waals surface area contributed by atoms with Gasteiger partial charge in [-0.1, -0.05) is 49.4 Å². The molecule has 0 spiro atoms. The first kappa shape index (κ1) is 11.6. The Morgan fingerprint density at radius 2 is 1.71 bits per heavy atom. The summed E-state index contributed by atoms with van der Waals surface area (Å²) < 4.78 is 0. The van der Waals surface area contributed by atoms with Crippen molar-refractivity contribution in [1.82, 2.24) is 0 Å². The molecule has 0 radical (unpaired) electrons. The lowest BCUT2D eigenvalue weighted by Crippen LogP contribution is -2.02. The molecule has 2 aromatic rings. The van der Waals surface area contributed by atoms with Crippen LogP contribution in [0.1, 0.15) is 34.0 Å². The van der Waals surface area contributed by atoms with Crippen molar-refractivity contribution in [3.05, 3.63) is 70.8 Å². The maximum atomic E-state index is 12.2. The van der Waals surface area contributed by atoms with E-state index in [1.54, 1.807) is 0 Å². The first-order valence-electron chi connectivity index (χ1n) is 5.91. The largest absolute Gasteiger partial charge is 0.289 e. The molecule has 1 heteroatoms. The lowest BCUT2D eigenvalue weighted by Gasteiger charge is -2.06. The topological polar surface area (TPSA) is 17.1 Å². The molecule has 2 aromatic carbocycles. The van der Waals surface area contributed by atoms with E-state index in [0.717, 1.165) is 17.5 Å². The summed E-state index contributed by atoms with van der Waals surface area (Å²) in [5.74, 6) is 0.0975. The molecule has 17 heavy (non-hydrogen) atoms. The lowest BCUT2D eigenvalue weighted by molar-refractivity contribution is 0.103. The van der Waals surface area contributed by atoms with Gasteiger partial charge in [-0.3, -0.25) is 4.79 Å². The van der Waals surface area contributed by atoms with Crippen LogP contribution in [0.15, 0.2) is 48.5 Å². The lowest BCUT2D eigenvalue weighted by atomic mass is 9.98. The highest BCUT2D eigenvalue weighted by molar-refractivity contribution is 6.09. The predicted octanol–water partition coefficient (Wildman–Crippen LogP) is 3.79. The molecule has 0 heterocycles. The molecule has 1 nitrogen and oxygen atoms in total. The van der Waals surface area contributed by atoms with E-state index >= 15 is 0 Å². The van der Waals surface area contributed by atoms with Crippen LogP contribution in [0.5, 0.6) is 0 Å². The average Bonchev–Trinajstić information content (AvgIpc) is 2.39. The van der Waals surface area contributed by atoms with Gasteiger partial charge in [-0.05, 0) is 30.5 Å². The number of aryl methyl sites for hydroxylation is 2. The van der Waals surface area contributed by atoms with Crippen LogP contribution in [0.4, 0.5) is 0 Å². The summed E-state index contributed by atoms with van der Waals surface area (Å²) in [7, 11) is 0. The Balaban J connectivity index is 2.38. The van der Waals surface area contributed by atoms with Gasteiger partial charge in [0.25, 0.3) is 0 Å². The quantitative estimate of drug-likeness (QED) is 0.725. The first-order chi connectivity index (χ1) is 8.22. The molecule has 0 aliphatic heterocycles. The number of benzene rings is 2. The van der Waals surface area contributed by atoms with Gasteiger partial charge in [0.15, 0.2) is 5.78 Å². The molecule has 0 aromatic heterocycles. The number of ketones is 1. The van der Waals surface area contributed by atoms with Crippen LogP contribution in [-0.2, 0) is 6.42 Å². The Morgan fingerprint density at radius 3 is 2.35 bits per heavy atom. The van der Waals surface area contributed by atoms with Crippen molar-refractivity contribution < 1.29 is 4.79 Å². The third-order valence-electron chi connectivity index (χ3n) is 3.03. The normalized spacial score (nSPS) is 10.2. The Labute approximate surface area is 102 Å². The maximum absolute atomic E-state index is 12.2. The third kappa shape index (κ3) is 2.44. The SMILES string of the molecule is CCc1cc(C(=O)c2ccccc2)ccc1C. The highest BCUT2D eigenvalue weighted by atomic mass is 16.1. The van der Waals surface area contributed by atoms with Gasteiger partial charge in [0.1, 0.15) is 0 Å². The molecule has 0 N–H and O–H groups in total. The molecule has 0 unspecified atom stereocenters. The van der Waals surface area contributed by atoms with Crippen molar-refractivity contribution in [2.45, 2.75) is 20.3 Å². The summed E-state index contributed by atoms with van der Waals surface area (Å²) in [6.45, 7) is 4.19. The third-order valence-corrected chi connectivity index (χ3v) is 3.03. The van der Waals surface area contributed by atoms with E-state index in [9.17, 15) is 4.79 Å². The van der Waals surface area contributed by atoms with Gasteiger partial charge >= 0.3 is 0 Å². The van der Waals surface area contributed by atoms with E-state index < -0.39 is 0 Å². The molecule has 86 valence electrons. The number of rotatable bonds is 3. The summed E-state index contributed by atoms with van der Waals surface area (Å²) in [5, 5.41) is 0. The van der Waals surface area contributed by atoms with Crippen LogP contribution >= 0.6 is 0 Å². The van der Waals surface area contributed by atoms with Crippen molar-refractivity contribution in [3.63, 3.8) is 0 Å². The standard InChI is InChI=1S/C16H16O/c1-3-13-11-15(10-9-12(13)2)16(17)14-7-5-4-6-8-14/h4-11H,3H2,1-2H3. The minimum Gasteiger partial charge on any atom is -0.289 e. The minimum atomic E-state index is 0.0975. The molecule has 2 rings (SSSR count). The molecular formula is C16H16O.